The SMILES string of the molecule is CC(=O)OC[C@H]1O[C@@H](Oc2ccc(NC(=O)CC[C@H](N)C(=O)NCCCCCCCCCCNC(=O)[C@@H](N)CCC(=O)Nc3ccc(O[C@@H]4O[C@H](COC(C)=O)[C@@H](OC(C)=O)[C@H](OC(C)=O)[C@H]4OC(C)=O)cc3)cc2)[C@H](OC(C)=O)[C@@H](OC(C)=O)[C@@H]1OC(C)=O. The second-order valence-electron chi connectivity index (χ2n) is 21.2. The zero-order valence-electron chi connectivity index (χ0n) is 51.8. The zero-order chi connectivity index (χ0) is 66.5. The predicted octanol–water partition coefficient (Wildman–Crippen LogP) is 2.76. The van der Waals surface area contributed by atoms with Gasteiger partial charge in [0.15, 0.2) is 24.4 Å². The number of esters is 8. The van der Waals surface area contributed by atoms with Gasteiger partial charge in [0.2, 0.25) is 48.4 Å². The summed E-state index contributed by atoms with van der Waals surface area (Å²) in [5.41, 5.74) is 12.9. The molecule has 2 aromatic rings. The summed E-state index contributed by atoms with van der Waals surface area (Å²) in [5, 5.41) is 11.1. The number of carbonyl (C=O) groups is 12. The normalized spacial score (nSPS) is 21.6. The summed E-state index contributed by atoms with van der Waals surface area (Å²) in [4.78, 5) is 147. The monoisotopic (exact) mass is 1270 g/mol. The molecule has 2 aliphatic heterocycles. The van der Waals surface area contributed by atoms with Gasteiger partial charge < -0.3 is 89.6 Å². The minimum Gasteiger partial charge on any atom is -0.463 e. The van der Waals surface area contributed by atoms with E-state index in [1.807, 2.05) is 0 Å². The van der Waals surface area contributed by atoms with Crippen molar-refractivity contribution in [3.05, 3.63) is 48.5 Å². The van der Waals surface area contributed by atoms with Gasteiger partial charge in [-0.3, -0.25) is 57.5 Å². The molecule has 2 heterocycles. The molecule has 0 bridgehead atoms. The van der Waals surface area contributed by atoms with E-state index in [1.165, 1.54) is 48.5 Å². The number of rotatable bonds is 35. The highest BCUT2D eigenvalue weighted by atomic mass is 16.7. The number of carbonyl (C=O) groups excluding carboxylic acids is 12. The van der Waals surface area contributed by atoms with Crippen molar-refractivity contribution in [1.29, 1.82) is 0 Å². The van der Waals surface area contributed by atoms with Crippen LogP contribution >= 0.6 is 0 Å². The lowest BCUT2D eigenvalue weighted by Crippen LogP contribution is -2.63. The second-order valence-corrected chi connectivity index (χ2v) is 21.2. The van der Waals surface area contributed by atoms with Crippen LogP contribution in [0.15, 0.2) is 48.5 Å². The van der Waals surface area contributed by atoms with Crippen molar-refractivity contribution < 1.29 is 114 Å². The van der Waals surface area contributed by atoms with E-state index in [0.29, 0.717) is 24.5 Å². The molecule has 0 aromatic heterocycles. The van der Waals surface area contributed by atoms with Crippen molar-refractivity contribution >= 4 is 82.8 Å². The fraction of sp³-hybridized carbons (Fsp3) is 0.600. The Morgan fingerprint density at radius 3 is 0.989 bits per heavy atom. The largest absolute Gasteiger partial charge is 0.463 e. The molecule has 8 N–H and O–H groups in total. The second kappa shape index (κ2) is 38.2. The number of hydrogen-bond acceptors (Lipinski definition) is 26. The van der Waals surface area contributed by atoms with Crippen molar-refractivity contribution in [3.8, 4) is 11.5 Å². The van der Waals surface area contributed by atoms with Crippen LogP contribution in [0.4, 0.5) is 11.4 Å². The van der Waals surface area contributed by atoms with Crippen molar-refractivity contribution in [1.82, 2.24) is 10.6 Å². The topological polar surface area (TPSA) is 416 Å². The van der Waals surface area contributed by atoms with Crippen LogP contribution in [0.1, 0.15) is 132 Å². The number of hydrogen-bond donors (Lipinski definition) is 6. The van der Waals surface area contributed by atoms with Gasteiger partial charge in [-0.1, -0.05) is 38.5 Å². The lowest BCUT2D eigenvalue weighted by molar-refractivity contribution is -0.288. The first-order valence-electron chi connectivity index (χ1n) is 29.5. The van der Waals surface area contributed by atoms with Crippen LogP contribution in [-0.2, 0) is 105 Å². The highest BCUT2D eigenvalue weighted by molar-refractivity contribution is 5.92. The van der Waals surface area contributed by atoms with Crippen LogP contribution < -0.4 is 42.2 Å². The Kier molecular flexibility index (Phi) is 31.4. The quantitative estimate of drug-likeness (QED) is 0.0328. The maximum absolute atomic E-state index is 12.8. The molecule has 0 saturated carbocycles. The molecule has 0 spiro atoms. The summed E-state index contributed by atoms with van der Waals surface area (Å²) in [6.45, 7) is 8.93. The van der Waals surface area contributed by atoms with Gasteiger partial charge in [0.1, 0.15) is 36.9 Å². The number of benzene rings is 2. The van der Waals surface area contributed by atoms with E-state index in [9.17, 15) is 57.5 Å². The molecule has 0 aliphatic carbocycles. The van der Waals surface area contributed by atoms with Crippen LogP contribution in [0.2, 0.25) is 0 Å². The minimum atomic E-state index is -1.45. The Labute approximate surface area is 520 Å². The van der Waals surface area contributed by atoms with E-state index in [1.54, 1.807) is 0 Å². The lowest BCUT2D eigenvalue weighted by atomic mass is 9.98. The van der Waals surface area contributed by atoms with E-state index in [0.717, 1.165) is 107 Å². The third-order valence-electron chi connectivity index (χ3n) is 13.4. The van der Waals surface area contributed by atoms with E-state index in [4.69, 9.17) is 68.3 Å². The van der Waals surface area contributed by atoms with Crippen LogP contribution in [0.5, 0.6) is 11.5 Å². The molecule has 2 aromatic carbocycles. The molecule has 0 unspecified atom stereocenters. The molecule has 2 fully saturated rings. The van der Waals surface area contributed by atoms with Crippen LogP contribution in [0, 0.1) is 0 Å². The van der Waals surface area contributed by atoms with E-state index < -0.39 is 146 Å². The Morgan fingerprint density at radius 2 is 0.689 bits per heavy atom. The van der Waals surface area contributed by atoms with Crippen LogP contribution in [-0.4, -0.2) is 171 Å². The zero-order valence-corrected chi connectivity index (χ0v) is 51.8. The minimum absolute atomic E-state index is 0.0550. The van der Waals surface area contributed by atoms with Gasteiger partial charge in [0.25, 0.3) is 0 Å². The van der Waals surface area contributed by atoms with E-state index >= 15 is 0 Å². The molecule has 2 aliphatic rings. The van der Waals surface area contributed by atoms with E-state index in [-0.39, 0.29) is 49.0 Å². The smallest absolute Gasteiger partial charge is 0.303 e. The van der Waals surface area contributed by atoms with Gasteiger partial charge >= 0.3 is 47.8 Å². The lowest BCUT2D eigenvalue weighted by Gasteiger charge is -2.43. The van der Waals surface area contributed by atoms with Gasteiger partial charge in [0.05, 0.1) is 12.1 Å². The fourth-order valence-corrected chi connectivity index (χ4v) is 9.35. The first kappa shape index (κ1) is 74.0. The summed E-state index contributed by atoms with van der Waals surface area (Å²) in [6, 6.07) is 10.1. The standard InChI is InChI=1S/C60H84N6O24/c1-33(67)79-31-47-51(81-35(3)69)53(83-37(5)71)55(85-39(7)73)59(89-47)87-43-21-17-41(18-22-43)65-49(75)27-25-45(61)57(77)63-29-15-13-11-9-10-12-14-16-30-64-58(78)46(62)26-28-50(76)66-42-19-23-44(24-20-42)88-60-56(86-40(8)74)54(84-38(6)72)52(82-36(4)70)48(90-60)32-80-34(2)68/h17-24,45-48,51-56,59-60H,9-16,25-32,61-62H2,1-8H3,(H,63,77)(H,64,78)(H,65,75)(H,66,76)/t45-,46-,47+,48+,51+,52+,53-,54-,55+,56+,59+,60+/m0/s1. The van der Waals surface area contributed by atoms with Gasteiger partial charge in [-0.2, -0.15) is 0 Å². The summed E-state index contributed by atoms with van der Waals surface area (Å²) >= 11 is 0. The van der Waals surface area contributed by atoms with E-state index in [2.05, 4.69) is 21.3 Å². The number of amides is 4. The molecule has 498 valence electrons. The molecule has 2 saturated heterocycles. The van der Waals surface area contributed by atoms with Crippen molar-refractivity contribution in [3.63, 3.8) is 0 Å². The Hall–Kier alpha value is -8.48. The third-order valence-corrected chi connectivity index (χ3v) is 13.4. The van der Waals surface area contributed by atoms with Crippen molar-refractivity contribution in [2.75, 3.05) is 36.9 Å². The number of unbranched alkanes of at least 4 members (excludes halogenated alkanes) is 7. The first-order valence-corrected chi connectivity index (χ1v) is 29.5. The molecule has 12 atom stereocenters. The van der Waals surface area contributed by atoms with Crippen molar-refractivity contribution in [2.45, 2.75) is 206 Å². The molecule has 0 radical (unpaired) electrons. The number of nitrogens with one attached hydrogen (secondary N) is 4. The molecule has 30 nitrogen and oxygen atoms in total. The molecule has 4 rings (SSSR count). The maximum atomic E-state index is 12.8. The molecule has 30 heteroatoms. The maximum Gasteiger partial charge on any atom is 0.303 e. The molecular formula is C60H84N6O24. The Balaban J connectivity index is 1.07. The van der Waals surface area contributed by atoms with Gasteiger partial charge in [0, 0.05) is 92.7 Å². The summed E-state index contributed by atoms with van der Waals surface area (Å²) < 4.78 is 66.6. The molecular weight excluding hydrogens is 1190 g/mol. The first-order chi connectivity index (χ1) is 42.7. The number of nitrogens with two attached hydrogens (primary N) is 2. The highest BCUT2D eigenvalue weighted by Gasteiger charge is 2.55. The third kappa shape index (κ3) is 27.1. The summed E-state index contributed by atoms with van der Waals surface area (Å²) in [6.07, 6.45) is -6.53. The predicted molar refractivity (Wildman–Crippen MR) is 313 cm³/mol. The Morgan fingerprint density at radius 1 is 0.400 bits per heavy atom. The summed E-state index contributed by atoms with van der Waals surface area (Å²) in [5.74, 6) is -7.32. The molecule has 90 heavy (non-hydrogen) atoms. The van der Waals surface area contributed by atoms with Crippen LogP contribution in [0.3, 0.4) is 0 Å². The van der Waals surface area contributed by atoms with Crippen LogP contribution in [0.25, 0.3) is 0 Å². The number of anilines is 2. The molecule has 4 amide bonds. The average molecular weight is 1270 g/mol. The van der Waals surface area contributed by atoms with Crippen molar-refractivity contribution in [2.24, 2.45) is 11.5 Å². The van der Waals surface area contributed by atoms with Gasteiger partial charge in [-0.15, -0.1) is 0 Å². The summed E-state index contributed by atoms with van der Waals surface area (Å²) in [7, 11) is 0. The number of ether oxygens (including phenoxy) is 12. The fourth-order valence-electron chi connectivity index (χ4n) is 9.35. The van der Waals surface area contributed by atoms with Gasteiger partial charge in [-0.05, 0) is 74.2 Å². The average Bonchev–Trinajstić information content (AvgIpc) is 0.845. The Bertz CT molecular complexity index is 2570. The highest BCUT2D eigenvalue weighted by Crippen LogP contribution is 2.33. The van der Waals surface area contributed by atoms with Gasteiger partial charge in [-0.25, -0.2) is 0 Å².